The van der Waals surface area contributed by atoms with E-state index >= 15 is 0 Å². The van der Waals surface area contributed by atoms with Gasteiger partial charge in [0.25, 0.3) is 0 Å². The van der Waals surface area contributed by atoms with Crippen LogP contribution in [0.1, 0.15) is 19.4 Å². The van der Waals surface area contributed by atoms with Gasteiger partial charge in [-0.25, -0.2) is 0 Å². The van der Waals surface area contributed by atoms with Crippen LogP contribution in [0.2, 0.25) is 0 Å². The first-order chi connectivity index (χ1) is 8.60. The highest BCUT2D eigenvalue weighted by Crippen LogP contribution is 2.28. The molecule has 1 aromatic rings. The van der Waals surface area contributed by atoms with E-state index in [2.05, 4.69) is 12.2 Å². The normalized spacial score (nSPS) is 12.2. The summed E-state index contributed by atoms with van der Waals surface area (Å²) < 4.78 is 5.20. The van der Waals surface area contributed by atoms with Gasteiger partial charge >= 0.3 is 0 Å². The van der Waals surface area contributed by atoms with Gasteiger partial charge in [0.15, 0.2) is 0 Å². The average Bonchev–Trinajstić information content (AvgIpc) is 2.36. The first-order valence-corrected chi connectivity index (χ1v) is 6.95. The number of thioether (sulfide) groups is 1. The number of ether oxygens (including phenoxy) is 1. The minimum Gasteiger partial charge on any atom is -0.384 e. The molecule has 5 heteroatoms. The third-order valence-electron chi connectivity index (χ3n) is 2.58. The summed E-state index contributed by atoms with van der Waals surface area (Å²) in [4.78, 5) is 1.04. The van der Waals surface area contributed by atoms with E-state index in [4.69, 9.17) is 15.9 Å². The minimum absolute atomic E-state index is 0.0964. The van der Waals surface area contributed by atoms with Gasteiger partial charge in [-0.3, -0.25) is 5.41 Å². The van der Waals surface area contributed by atoms with Gasteiger partial charge in [-0.2, -0.15) is 0 Å². The molecule has 0 saturated carbocycles. The average molecular weight is 267 g/mol. The number of rotatable bonds is 7. The molecule has 0 aliphatic rings. The Bertz CT molecular complexity index is 409. The van der Waals surface area contributed by atoms with Gasteiger partial charge in [0.05, 0.1) is 11.7 Å². The van der Waals surface area contributed by atoms with Crippen molar-refractivity contribution in [3.63, 3.8) is 0 Å². The quantitative estimate of drug-likeness (QED) is 0.403. The highest BCUT2D eigenvalue weighted by Gasteiger charge is 2.11. The highest BCUT2D eigenvalue weighted by molar-refractivity contribution is 7.99. The van der Waals surface area contributed by atoms with Gasteiger partial charge in [0.2, 0.25) is 0 Å². The van der Waals surface area contributed by atoms with E-state index in [0.29, 0.717) is 6.54 Å². The van der Waals surface area contributed by atoms with Crippen molar-refractivity contribution in [2.24, 2.45) is 5.73 Å². The van der Waals surface area contributed by atoms with Crippen molar-refractivity contribution in [3.8, 4) is 0 Å². The standard InChI is InChI=1S/C13H21N3OS/c1-4-18-11-7-5-6-10(12(11)13(14)15)16-8-9(2)17-3/h5-7,9,16H,4,8H2,1-3H3,(H3,14,15). The van der Waals surface area contributed by atoms with Crippen LogP contribution in [0.15, 0.2) is 23.1 Å². The molecule has 0 amide bonds. The summed E-state index contributed by atoms with van der Waals surface area (Å²) in [7, 11) is 1.68. The minimum atomic E-state index is 0.0964. The molecule has 0 heterocycles. The van der Waals surface area contributed by atoms with E-state index < -0.39 is 0 Å². The summed E-state index contributed by atoms with van der Waals surface area (Å²) in [5, 5.41) is 11.0. The summed E-state index contributed by atoms with van der Waals surface area (Å²) in [6.45, 7) is 4.77. The van der Waals surface area contributed by atoms with Crippen molar-refractivity contribution in [1.82, 2.24) is 0 Å². The number of hydrogen-bond donors (Lipinski definition) is 3. The molecule has 1 atom stereocenters. The van der Waals surface area contributed by atoms with E-state index in [-0.39, 0.29) is 11.9 Å². The zero-order valence-corrected chi connectivity index (χ0v) is 11.9. The molecule has 4 nitrogen and oxygen atoms in total. The lowest BCUT2D eigenvalue weighted by Gasteiger charge is -2.17. The Morgan fingerprint density at radius 3 is 2.83 bits per heavy atom. The van der Waals surface area contributed by atoms with Gasteiger partial charge in [-0.1, -0.05) is 13.0 Å². The van der Waals surface area contributed by atoms with Crippen LogP contribution in [0.25, 0.3) is 0 Å². The van der Waals surface area contributed by atoms with Crippen LogP contribution < -0.4 is 11.1 Å². The van der Waals surface area contributed by atoms with E-state index in [1.807, 2.05) is 25.1 Å². The topological polar surface area (TPSA) is 71.1 Å². The largest absolute Gasteiger partial charge is 0.384 e. The van der Waals surface area contributed by atoms with Crippen LogP contribution in [0.3, 0.4) is 0 Å². The van der Waals surface area contributed by atoms with E-state index in [1.165, 1.54) is 0 Å². The van der Waals surface area contributed by atoms with Crippen molar-refractivity contribution in [2.45, 2.75) is 24.8 Å². The van der Waals surface area contributed by atoms with Crippen LogP contribution in [0, 0.1) is 5.41 Å². The SMILES string of the molecule is CCSc1cccc(NCC(C)OC)c1C(=N)N. The summed E-state index contributed by atoms with van der Waals surface area (Å²) in [5.74, 6) is 1.05. The maximum absolute atomic E-state index is 7.72. The Balaban J connectivity index is 2.95. The molecule has 4 N–H and O–H groups in total. The maximum atomic E-state index is 7.72. The number of nitrogens with one attached hydrogen (secondary N) is 2. The second-order valence-corrected chi connectivity index (χ2v) is 5.26. The molecule has 0 bridgehead atoms. The summed E-state index contributed by atoms with van der Waals surface area (Å²) in [5.41, 5.74) is 7.36. The van der Waals surface area contributed by atoms with Gasteiger partial charge < -0.3 is 15.8 Å². The Hall–Kier alpha value is -1.20. The molecule has 0 aliphatic heterocycles. The lowest BCUT2D eigenvalue weighted by molar-refractivity contribution is 0.129. The van der Waals surface area contributed by atoms with Crippen molar-refractivity contribution < 1.29 is 4.74 Å². The number of hydrogen-bond acceptors (Lipinski definition) is 4. The number of nitrogens with two attached hydrogens (primary N) is 1. The first kappa shape index (κ1) is 14.9. The number of amidine groups is 1. The molecule has 0 spiro atoms. The number of methoxy groups -OCH3 is 1. The van der Waals surface area contributed by atoms with Crippen LogP contribution in [-0.2, 0) is 4.74 Å². The maximum Gasteiger partial charge on any atom is 0.126 e. The summed E-state index contributed by atoms with van der Waals surface area (Å²) in [6.07, 6.45) is 0.118. The number of anilines is 1. The van der Waals surface area contributed by atoms with Crippen molar-refractivity contribution in [2.75, 3.05) is 24.7 Å². The van der Waals surface area contributed by atoms with Crippen LogP contribution in [0.4, 0.5) is 5.69 Å². The molecular formula is C13H21N3OS. The molecule has 0 saturated heterocycles. The molecule has 1 rings (SSSR count). The van der Waals surface area contributed by atoms with Crippen molar-refractivity contribution in [3.05, 3.63) is 23.8 Å². The predicted molar refractivity (Wildman–Crippen MR) is 78.8 cm³/mol. The van der Waals surface area contributed by atoms with E-state index in [1.54, 1.807) is 18.9 Å². The van der Waals surface area contributed by atoms with Gasteiger partial charge in [0.1, 0.15) is 5.84 Å². The lowest BCUT2D eigenvalue weighted by atomic mass is 10.1. The van der Waals surface area contributed by atoms with Crippen LogP contribution in [0.5, 0.6) is 0 Å². The zero-order chi connectivity index (χ0) is 13.5. The molecule has 0 fully saturated rings. The Morgan fingerprint density at radius 2 is 2.28 bits per heavy atom. The fourth-order valence-electron chi connectivity index (χ4n) is 1.57. The van der Waals surface area contributed by atoms with Gasteiger partial charge in [-0.15, -0.1) is 11.8 Å². The van der Waals surface area contributed by atoms with Gasteiger partial charge in [-0.05, 0) is 24.8 Å². The summed E-state index contributed by atoms with van der Waals surface area (Å²) >= 11 is 1.69. The smallest absolute Gasteiger partial charge is 0.126 e. The van der Waals surface area contributed by atoms with Gasteiger partial charge in [0, 0.05) is 24.2 Å². The van der Waals surface area contributed by atoms with E-state index in [0.717, 1.165) is 21.9 Å². The van der Waals surface area contributed by atoms with Crippen molar-refractivity contribution in [1.29, 1.82) is 5.41 Å². The Labute approximate surface area is 113 Å². The fourth-order valence-corrected chi connectivity index (χ4v) is 2.42. The molecule has 1 aromatic carbocycles. The first-order valence-electron chi connectivity index (χ1n) is 5.97. The highest BCUT2D eigenvalue weighted by atomic mass is 32.2. The predicted octanol–water partition coefficient (Wildman–Crippen LogP) is 2.53. The lowest BCUT2D eigenvalue weighted by Crippen LogP contribution is -2.21. The Kier molecular flexibility index (Phi) is 6.01. The number of nitrogen functional groups attached to an aromatic ring is 1. The molecule has 0 radical (unpaired) electrons. The summed E-state index contributed by atoms with van der Waals surface area (Å²) in [6, 6.07) is 5.92. The monoisotopic (exact) mass is 267 g/mol. The number of benzene rings is 1. The Morgan fingerprint density at radius 1 is 1.56 bits per heavy atom. The molecule has 100 valence electrons. The zero-order valence-electron chi connectivity index (χ0n) is 11.1. The molecule has 0 aromatic heterocycles. The molecule has 0 aliphatic carbocycles. The second kappa shape index (κ2) is 7.28. The molecule has 1 unspecified atom stereocenters. The fraction of sp³-hybridized carbons (Fsp3) is 0.462. The van der Waals surface area contributed by atoms with E-state index in [9.17, 15) is 0 Å². The van der Waals surface area contributed by atoms with Crippen molar-refractivity contribution >= 4 is 23.3 Å². The van der Waals surface area contributed by atoms with Crippen LogP contribution in [-0.4, -0.2) is 31.3 Å². The molecular weight excluding hydrogens is 246 g/mol. The molecule has 18 heavy (non-hydrogen) atoms. The second-order valence-electron chi connectivity index (χ2n) is 3.95. The third kappa shape index (κ3) is 3.92. The van der Waals surface area contributed by atoms with Crippen LogP contribution >= 0.6 is 11.8 Å². The third-order valence-corrected chi connectivity index (χ3v) is 3.52.